The number of hydrogen-bond donors (Lipinski definition) is 2. The smallest absolute Gasteiger partial charge is 0.355 e. The van der Waals surface area contributed by atoms with Crippen LogP contribution in [0.4, 0.5) is 17.5 Å². The number of nitrogens with two attached hydrogens (primary N) is 2. The van der Waals surface area contributed by atoms with E-state index in [0.717, 1.165) is 75.9 Å². The lowest BCUT2D eigenvalue weighted by molar-refractivity contribution is -0.683. The molecule has 0 radical (unpaired) electrons. The highest BCUT2D eigenvalue weighted by Gasteiger charge is 2.23. The Hall–Kier alpha value is -1.97. The lowest BCUT2D eigenvalue weighted by Crippen LogP contribution is -2.34. The van der Waals surface area contributed by atoms with Gasteiger partial charge in [0.15, 0.2) is 11.5 Å². The molecule has 3 rings (SSSR count). The number of rotatable bonds is 11. The Bertz CT molecular complexity index is 742. The average Bonchev–Trinajstić information content (AvgIpc) is 3.31. The highest BCUT2D eigenvalue weighted by molar-refractivity contribution is 6.17. The van der Waals surface area contributed by atoms with Crippen molar-refractivity contribution in [2.45, 2.75) is 45.3 Å². The summed E-state index contributed by atoms with van der Waals surface area (Å²) in [4.78, 5) is 2.31. The van der Waals surface area contributed by atoms with E-state index in [9.17, 15) is 0 Å². The summed E-state index contributed by atoms with van der Waals surface area (Å²) in [6.45, 7) is 5.76. The molecule has 0 atom stereocenters. The molecule has 0 aromatic carbocycles. The summed E-state index contributed by atoms with van der Waals surface area (Å²) in [5.74, 6) is 2.46. The molecule has 0 bridgehead atoms. The van der Waals surface area contributed by atoms with Gasteiger partial charge in [0.25, 0.3) is 0 Å². The van der Waals surface area contributed by atoms with Crippen LogP contribution in [-0.4, -0.2) is 46.4 Å². The zero-order chi connectivity index (χ0) is 19.8. The third-order valence-corrected chi connectivity index (χ3v) is 5.11. The number of anilines is 1. The minimum Gasteiger partial charge on any atom is -0.355 e. The second-order valence-electron chi connectivity index (χ2n) is 6.93. The monoisotopic (exact) mass is 408 g/mol. The molecule has 10 heteroatoms. The molecule has 1 aliphatic rings. The Morgan fingerprint density at radius 3 is 2.71 bits per heavy atom. The first-order valence-electron chi connectivity index (χ1n) is 10.1. The second-order valence-corrected chi connectivity index (χ2v) is 7.31. The maximum atomic E-state index is 5.87. The normalized spacial score (nSPS) is 14.2. The number of imidazole rings is 1. The van der Waals surface area contributed by atoms with Gasteiger partial charge in [0.2, 0.25) is 0 Å². The molecule has 3 heterocycles. The van der Waals surface area contributed by atoms with Gasteiger partial charge in [-0.05, 0) is 38.8 Å². The fourth-order valence-corrected chi connectivity index (χ4v) is 3.58. The predicted octanol–water partition coefficient (Wildman–Crippen LogP) is 1.92. The highest BCUT2D eigenvalue weighted by atomic mass is 35.5. The Morgan fingerprint density at radius 2 is 1.93 bits per heavy atom. The van der Waals surface area contributed by atoms with Crippen molar-refractivity contribution in [1.29, 1.82) is 0 Å². The van der Waals surface area contributed by atoms with E-state index in [1.54, 1.807) is 6.20 Å². The van der Waals surface area contributed by atoms with Crippen LogP contribution in [0.25, 0.3) is 0 Å². The van der Waals surface area contributed by atoms with Crippen LogP contribution >= 0.6 is 11.6 Å². The highest BCUT2D eigenvalue weighted by Crippen LogP contribution is 2.32. The molecule has 154 valence electrons. The van der Waals surface area contributed by atoms with Crippen molar-refractivity contribution in [3.63, 3.8) is 0 Å². The van der Waals surface area contributed by atoms with E-state index in [-0.39, 0.29) is 0 Å². The molecule has 1 aliphatic heterocycles. The molecular weight excluding hydrogens is 378 g/mol. The third-order valence-electron chi connectivity index (χ3n) is 4.85. The van der Waals surface area contributed by atoms with Gasteiger partial charge in [-0.25, -0.2) is 13.8 Å². The molecule has 9 nitrogen and oxygen atoms in total. The van der Waals surface area contributed by atoms with Crippen LogP contribution in [0.15, 0.2) is 28.8 Å². The topological polar surface area (TPSA) is 107 Å². The first-order valence-corrected chi connectivity index (χ1v) is 10.6. The fourth-order valence-electron chi connectivity index (χ4n) is 3.46. The van der Waals surface area contributed by atoms with Gasteiger partial charge in [-0.2, -0.15) is 5.10 Å². The van der Waals surface area contributed by atoms with Gasteiger partial charge < -0.3 is 16.4 Å². The molecule has 4 N–H and O–H groups in total. The van der Waals surface area contributed by atoms with Crippen molar-refractivity contribution < 1.29 is 4.57 Å². The lowest BCUT2D eigenvalue weighted by atomic mass is 10.2. The first kappa shape index (κ1) is 20.8. The van der Waals surface area contributed by atoms with Gasteiger partial charge in [0.05, 0.1) is 31.7 Å². The first-order chi connectivity index (χ1) is 13.8. The lowest BCUT2D eigenvalue weighted by Gasteiger charge is -2.29. The van der Waals surface area contributed by atoms with Crippen LogP contribution in [0, 0.1) is 0 Å². The fraction of sp³-hybridized carbons (Fsp3) is 0.667. The summed E-state index contributed by atoms with van der Waals surface area (Å²) in [6, 6.07) is 0. The van der Waals surface area contributed by atoms with Crippen LogP contribution in [0.1, 0.15) is 25.7 Å². The quantitative estimate of drug-likeness (QED) is 0.336. The number of hydrogen-bond acceptors (Lipinski definition) is 6. The van der Waals surface area contributed by atoms with Crippen molar-refractivity contribution in [2.24, 2.45) is 21.7 Å². The van der Waals surface area contributed by atoms with Crippen LogP contribution in [0.3, 0.4) is 0 Å². The Kier molecular flexibility index (Phi) is 7.81. The predicted molar refractivity (Wildman–Crippen MR) is 111 cm³/mol. The number of alkyl halides is 1. The summed E-state index contributed by atoms with van der Waals surface area (Å²) in [5, 5.41) is 13.7. The zero-order valence-electron chi connectivity index (χ0n) is 16.4. The maximum Gasteiger partial charge on any atom is 0.421 e. The molecule has 2 aromatic heterocycles. The van der Waals surface area contributed by atoms with Crippen LogP contribution in [0.5, 0.6) is 0 Å². The van der Waals surface area contributed by atoms with E-state index in [4.69, 9.17) is 23.1 Å². The minimum atomic E-state index is 0.616. The second kappa shape index (κ2) is 10.5. The van der Waals surface area contributed by atoms with E-state index in [2.05, 4.69) is 29.4 Å². The SMILES string of the molecule is NCCCN1CCCn2ncc(N=Nc3n(CCCN)cc[n+]3CCCCl)c21. The minimum absolute atomic E-state index is 0.616. The summed E-state index contributed by atoms with van der Waals surface area (Å²) in [7, 11) is 0. The van der Waals surface area contributed by atoms with Crippen LogP contribution in [0.2, 0.25) is 0 Å². The molecule has 0 unspecified atom stereocenters. The van der Waals surface area contributed by atoms with Crippen molar-refractivity contribution in [2.75, 3.05) is 37.0 Å². The molecule has 0 saturated heterocycles. The standard InChI is InChI=1S/C18H31ClN9/c19-5-1-8-26-13-14-27(10-3-7-21)18(26)24-23-16-15-22-28-12-4-11-25(17(16)28)9-2-6-20/h13-15H,1-12,20-21H2/q+1. The van der Waals surface area contributed by atoms with E-state index in [1.165, 1.54) is 0 Å². The molecule has 0 amide bonds. The van der Waals surface area contributed by atoms with Gasteiger partial charge in [-0.15, -0.1) is 11.6 Å². The van der Waals surface area contributed by atoms with E-state index >= 15 is 0 Å². The maximum absolute atomic E-state index is 5.87. The van der Waals surface area contributed by atoms with Crippen molar-refractivity contribution in [3.05, 3.63) is 18.6 Å². The average molecular weight is 409 g/mol. The number of azo groups is 1. The molecule has 0 saturated carbocycles. The van der Waals surface area contributed by atoms with Gasteiger partial charge >= 0.3 is 5.95 Å². The van der Waals surface area contributed by atoms with Gasteiger partial charge in [0, 0.05) is 30.6 Å². The molecule has 0 fully saturated rings. The van der Waals surface area contributed by atoms with Crippen molar-refractivity contribution in [1.82, 2.24) is 14.3 Å². The van der Waals surface area contributed by atoms with Gasteiger partial charge in [-0.3, -0.25) is 0 Å². The van der Waals surface area contributed by atoms with Crippen LogP contribution < -0.4 is 20.9 Å². The summed E-state index contributed by atoms with van der Waals surface area (Å²) in [5.41, 5.74) is 12.2. The summed E-state index contributed by atoms with van der Waals surface area (Å²) < 4.78 is 6.20. The molecule has 28 heavy (non-hydrogen) atoms. The Labute approximate surface area is 171 Å². The number of halogens is 1. The van der Waals surface area contributed by atoms with E-state index in [0.29, 0.717) is 19.0 Å². The number of aromatic nitrogens is 4. The number of fused-ring (bicyclic) bond motifs is 1. The van der Waals surface area contributed by atoms with Crippen molar-refractivity contribution in [3.8, 4) is 0 Å². The molecule has 0 aliphatic carbocycles. The summed E-state index contributed by atoms with van der Waals surface area (Å²) >= 11 is 5.87. The Morgan fingerprint density at radius 1 is 1.11 bits per heavy atom. The van der Waals surface area contributed by atoms with E-state index < -0.39 is 0 Å². The number of aryl methyl sites for hydroxylation is 3. The van der Waals surface area contributed by atoms with E-state index in [1.807, 2.05) is 17.1 Å². The third kappa shape index (κ3) is 4.89. The van der Waals surface area contributed by atoms with Gasteiger partial charge in [0.1, 0.15) is 0 Å². The molecule has 2 aromatic rings. The number of nitrogens with zero attached hydrogens (tertiary/aromatic N) is 7. The summed E-state index contributed by atoms with van der Waals surface area (Å²) in [6.07, 6.45) is 9.65. The molecule has 0 spiro atoms. The zero-order valence-corrected chi connectivity index (χ0v) is 17.1. The molecular formula is C18H31ClN9+. The van der Waals surface area contributed by atoms with Crippen LogP contribution in [-0.2, 0) is 19.6 Å². The van der Waals surface area contributed by atoms with Crippen molar-refractivity contribution >= 4 is 29.1 Å². The van der Waals surface area contributed by atoms with Gasteiger partial charge in [-0.1, -0.05) is 5.11 Å². The Balaban J connectivity index is 1.85. The largest absolute Gasteiger partial charge is 0.421 e.